The van der Waals surface area contributed by atoms with Gasteiger partial charge in [0, 0.05) is 38.4 Å². The van der Waals surface area contributed by atoms with Crippen molar-refractivity contribution < 1.29 is 13.6 Å². The topological polar surface area (TPSA) is 35.6 Å². The van der Waals surface area contributed by atoms with E-state index < -0.39 is 0 Å². The van der Waals surface area contributed by atoms with E-state index in [-0.39, 0.29) is 23.6 Å². The van der Waals surface area contributed by atoms with E-state index in [1.165, 1.54) is 24.3 Å². The zero-order chi connectivity index (χ0) is 19.2. The van der Waals surface area contributed by atoms with Crippen LogP contribution in [0.4, 0.5) is 14.5 Å². The fourth-order valence-electron chi connectivity index (χ4n) is 3.31. The summed E-state index contributed by atoms with van der Waals surface area (Å²) in [7, 11) is 0. The van der Waals surface area contributed by atoms with Crippen molar-refractivity contribution in [3.05, 3.63) is 65.7 Å². The number of halogens is 2. The molecule has 4 nitrogen and oxygen atoms in total. The molecule has 1 aliphatic heterocycles. The maximum absolute atomic E-state index is 13.1. The Kier molecular flexibility index (Phi) is 6.40. The van der Waals surface area contributed by atoms with Crippen LogP contribution in [0.1, 0.15) is 12.5 Å². The highest BCUT2D eigenvalue weighted by Gasteiger charge is 2.25. The second-order valence-electron chi connectivity index (χ2n) is 6.84. The van der Waals surface area contributed by atoms with Crippen molar-refractivity contribution in [2.45, 2.75) is 19.4 Å². The molecule has 3 rings (SSSR count). The molecule has 144 valence electrons. The highest BCUT2D eigenvalue weighted by Crippen LogP contribution is 2.17. The largest absolute Gasteiger partial charge is 0.369 e. The predicted octanol–water partition coefficient (Wildman–Crippen LogP) is 2.83. The maximum atomic E-state index is 13.1. The van der Waals surface area contributed by atoms with Crippen LogP contribution in [0, 0.1) is 11.6 Å². The Morgan fingerprint density at radius 2 is 1.52 bits per heavy atom. The number of amides is 1. The Labute approximate surface area is 158 Å². The van der Waals surface area contributed by atoms with Crippen molar-refractivity contribution in [2.75, 3.05) is 37.6 Å². The number of carbonyl (C=O) groups excluding carboxylic acids is 1. The fraction of sp³-hybridized carbons (Fsp3) is 0.381. The molecule has 2 aromatic carbocycles. The first-order chi connectivity index (χ1) is 13.0. The normalized spacial score (nSPS) is 16.2. The number of benzene rings is 2. The van der Waals surface area contributed by atoms with E-state index >= 15 is 0 Å². The molecule has 1 atom stereocenters. The molecule has 1 aliphatic rings. The van der Waals surface area contributed by atoms with Crippen LogP contribution < -0.4 is 10.2 Å². The second-order valence-corrected chi connectivity index (χ2v) is 6.84. The molecule has 6 heteroatoms. The van der Waals surface area contributed by atoms with Crippen molar-refractivity contribution in [1.82, 2.24) is 10.2 Å². The van der Waals surface area contributed by atoms with Crippen LogP contribution in [0.15, 0.2) is 48.5 Å². The molecule has 1 unspecified atom stereocenters. The van der Waals surface area contributed by atoms with Gasteiger partial charge in [-0.2, -0.15) is 0 Å². The van der Waals surface area contributed by atoms with Crippen LogP contribution in [0.2, 0.25) is 0 Å². The first kappa shape index (κ1) is 19.3. The zero-order valence-electron chi connectivity index (χ0n) is 15.5. The number of nitrogens with one attached hydrogen (secondary N) is 1. The highest BCUT2D eigenvalue weighted by atomic mass is 19.1. The van der Waals surface area contributed by atoms with Gasteiger partial charge in [0.05, 0.1) is 6.04 Å². The average Bonchev–Trinajstić information content (AvgIpc) is 2.69. The van der Waals surface area contributed by atoms with E-state index in [0.717, 1.165) is 37.4 Å². The fourth-order valence-corrected chi connectivity index (χ4v) is 3.31. The smallest absolute Gasteiger partial charge is 0.237 e. The van der Waals surface area contributed by atoms with Crippen LogP contribution in [0.25, 0.3) is 0 Å². The summed E-state index contributed by atoms with van der Waals surface area (Å²) in [6, 6.07) is 12.7. The van der Waals surface area contributed by atoms with Gasteiger partial charge in [-0.25, -0.2) is 8.78 Å². The number of anilines is 1. The lowest BCUT2D eigenvalue weighted by Crippen LogP contribution is -2.54. The molecular weight excluding hydrogens is 348 g/mol. The minimum absolute atomic E-state index is 0.00680. The number of hydrogen-bond acceptors (Lipinski definition) is 3. The Morgan fingerprint density at radius 1 is 0.963 bits per heavy atom. The standard InChI is InChI=1S/C21H25F2N3O/c1-16(21(27)24-11-10-17-2-4-18(22)5-3-17)25-12-14-26(15-13-25)20-8-6-19(23)7-9-20/h2-9,16H,10-15H2,1H3,(H,24,27). The van der Waals surface area contributed by atoms with Crippen molar-refractivity contribution >= 4 is 11.6 Å². The third-order valence-electron chi connectivity index (χ3n) is 5.06. The van der Waals surface area contributed by atoms with Gasteiger partial charge in [0.2, 0.25) is 5.91 Å². The second kappa shape index (κ2) is 8.95. The lowest BCUT2D eigenvalue weighted by molar-refractivity contribution is -0.125. The van der Waals surface area contributed by atoms with Crippen molar-refractivity contribution in [2.24, 2.45) is 0 Å². The van der Waals surface area contributed by atoms with Crippen molar-refractivity contribution in [3.8, 4) is 0 Å². The SMILES string of the molecule is CC(C(=O)NCCc1ccc(F)cc1)N1CCN(c2ccc(F)cc2)CC1. The molecule has 1 saturated heterocycles. The summed E-state index contributed by atoms with van der Waals surface area (Å²) < 4.78 is 26.0. The van der Waals surface area contributed by atoms with Crippen molar-refractivity contribution in [3.63, 3.8) is 0 Å². The third-order valence-corrected chi connectivity index (χ3v) is 5.06. The lowest BCUT2D eigenvalue weighted by Gasteiger charge is -2.38. The van der Waals surface area contributed by atoms with E-state index in [4.69, 9.17) is 0 Å². The number of hydrogen-bond donors (Lipinski definition) is 1. The van der Waals surface area contributed by atoms with E-state index in [2.05, 4.69) is 15.1 Å². The summed E-state index contributed by atoms with van der Waals surface area (Å²) in [5.41, 5.74) is 2.00. The Hall–Kier alpha value is -2.47. The molecule has 0 bridgehead atoms. The van der Waals surface area contributed by atoms with Crippen LogP contribution in [0.5, 0.6) is 0 Å². The van der Waals surface area contributed by atoms with Crippen LogP contribution in [-0.2, 0) is 11.2 Å². The summed E-state index contributed by atoms with van der Waals surface area (Å²) in [6.07, 6.45) is 0.678. The lowest BCUT2D eigenvalue weighted by atomic mass is 10.1. The molecule has 2 aromatic rings. The maximum Gasteiger partial charge on any atom is 0.237 e. The summed E-state index contributed by atoms with van der Waals surface area (Å²) in [5, 5.41) is 2.96. The minimum atomic E-state index is -0.254. The number of nitrogens with zero attached hydrogens (tertiary/aromatic N) is 2. The van der Waals surface area contributed by atoms with Gasteiger partial charge in [0.1, 0.15) is 11.6 Å². The first-order valence-electron chi connectivity index (χ1n) is 9.29. The molecule has 0 saturated carbocycles. The van der Waals surface area contributed by atoms with Gasteiger partial charge in [-0.1, -0.05) is 12.1 Å². The van der Waals surface area contributed by atoms with Crippen molar-refractivity contribution in [1.29, 1.82) is 0 Å². The molecule has 0 aromatic heterocycles. The molecular formula is C21H25F2N3O. The van der Waals surface area contributed by atoms with Crippen LogP contribution >= 0.6 is 0 Å². The molecule has 1 fully saturated rings. The quantitative estimate of drug-likeness (QED) is 0.846. The average molecular weight is 373 g/mol. The predicted molar refractivity (Wildman–Crippen MR) is 103 cm³/mol. The molecule has 1 amide bonds. The van der Waals surface area contributed by atoms with Crippen LogP contribution in [0.3, 0.4) is 0 Å². The summed E-state index contributed by atoms with van der Waals surface area (Å²) in [6.45, 7) is 5.62. The highest BCUT2D eigenvalue weighted by molar-refractivity contribution is 5.81. The van der Waals surface area contributed by atoms with Gasteiger partial charge < -0.3 is 10.2 Å². The van der Waals surface area contributed by atoms with Gasteiger partial charge >= 0.3 is 0 Å². The third kappa shape index (κ3) is 5.26. The molecule has 0 spiro atoms. The summed E-state index contributed by atoms with van der Waals surface area (Å²) >= 11 is 0. The molecule has 0 aliphatic carbocycles. The molecule has 1 heterocycles. The zero-order valence-corrected chi connectivity index (χ0v) is 15.5. The number of piperazine rings is 1. The van der Waals surface area contributed by atoms with Crippen LogP contribution in [-0.4, -0.2) is 49.6 Å². The van der Waals surface area contributed by atoms with E-state index in [1.807, 2.05) is 6.92 Å². The molecule has 27 heavy (non-hydrogen) atoms. The van der Waals surface area contributed by atoms with Gasteiger partial charge in [-0.05, 0) is 55.3 Å². The van der Waals surface area contributed by atoms with Gasteiger partial charge in [-0.3, -0.25) is 9.69 Å². The summed E-state index contributed by atoms with van der Waals surface area (Å²) in [4.78, 5) is 16.8. The Bertz CT molecular complexity index is 741. The molecule has 1 N–H and O–H groups in total. The summed E-state index contributed by atoms with van der Waals surface area (Å²) in [5.74, 6) is -0.480. The number of carbonyl (C=O) groups is 1. The minimum Gasteiger partial charge on any atom is -0.369 e. The number of rotatable bonds is 6. The molecule has 0 radical (unpaired) electrons. The van der Waals surface area contributed by atoms with Gasteiger partial charge in [-0.15, -0.1) is 0 Å². The Balaban J connectivity index is 1.42. The Morgan fingerprint density at radius 3 is 2.11 bits per heavy atom. The van der Waals surface area contributed by atoms with E-state index in [0.29, 0.717) is 13.0 Å². The van der Waals surface area contributed by atoms with E-state index in [9.17, 15) is 13.6 Å². The van der Waals surface area contributed by atoms with Gasteiger partial charge in [0.25, 0.3) is 0 Å². The van der Waals surface area contributed by atoms with E-state index in [1.54, 1.807) is 24.3 Å². The van der Waals surface area contributed by atoms with Gasteiger partial charge in [0.15, 0.2) is 0 Å². The monoisotopic (exact) mass is 373 g/mol. The first-order valence-corrected chi connectivity index (χ1v) is 9.29.